The fourth-order valence-corrected chi connectivity index (χ4v) is 8.39. The van der Waals surface area contributed by atoms with Gasteiger partial charge in [-0.2, -0.15) is 0 Å². The van der Waals surface area contributed by atoms with Gasteiger partial charge in [-0.05, 0) is 63.0 Å². The van der Waals surface area contributed by atoms with E-state index in [0.29, 0.717) is 30.8 Å². The fraction of sp³-hybridized carbons (Fsp3) is 0.684. The molecule has 2 bridgehead atoms. The third-order valence-electron chi connectivity index (χ3n) is 11.6. The lowest BCUT2D eigenvalue weighted by Gasteiger charge is -2.39. The summed E-state index contributed by atoms with van der Waals surface area (Å²) in [5.41, 5.74) is 0.787. The van der Waals surface area contributed by atoms with Crippen molar-refractivity contribution >= 4 is 23.6 Å². The van der Waals surface area contributed by atoms with Crippen molar-refractivity contribution in [2.24, 2.45) is 17.8 Å². The highest BCUT2D eigenvalue weighted by Gasteiger charge is 2.44. The summed E-state index contributed by atoms with van der Waals surface area (Å²) in [5, 5.41) is 17.5. The van der Waals surface area contributed by atoms with E-state index >= 15 is 0 Å². The number of methoxy groups -OCH3 is 2. The second-order valence-electron chi connectivity index (χ2n) is 14.8. The maximum Gasteiger partial charge on any atom is 0.247 e. The smallest absolute Gasteiger partial charge is 0.247 e. The topological polar surface area (TPSA) is 168 Å². The Labute approximate surface area is 307 Å². The Bertz CT molecular complexity index is 1520. The Morgan fingerprint density at radius 1 is 1.06 bits per heavy atom. The maximum absolute atomic E-state index is 14.0. The summed E-state index contributed by atoms with van der Waals surface area (Å²) < 4.78 is 17.7. The third kappa shape index (κ3) is 8.83. The van der Waals surface area contributed by atoms with Crippen molar-refractivity contribution in [1.82, 2.24) is 35.9 Å². The van der Waals surface area contributed by atoms with Crippen molar-refractivity contribution in [3.05, 3.63) is 36.2 Å². The summed E-state index contributed by atoms with van der Waals surface area (Å²) in [4.78, 5) is 57.4. The molecule has 14 heteroatoms. The van der Waals surface area contributed by atoms with E-state index in [2.05, 4.69) is 26.1 Å². The predicted molar refractivity (Wildman–Crippen MR) is 193 cm³/mol. The molecule has 3 aliphatic rings. The first-order chi connectivity index (χ1) is 25.0. The Morgan fingerprint density at radius 2 is 1.81 bits per heavy atom. The van der Waals surface area contributed by atoms with Crippen LogP contribution in [0.4, 0.5) is 0 Å². The van der Waals surface area contributed by atoms with Crippen molar-refractivity contribution in [1.29, 1.82) is 0 Å². The third-order valence-corrected chi connectivity index (χ3v) is 11.6. The first-order valence-corrected chi connectivity index (χ1v) is 18.8. The SMILES string of the molecule is CCC(C)C(C(CC(=O)N1CCCC1C(OC)C(C)C(=O)N[C@@H](C)c1nnc(-c2ccccc2)o1)OC)N(C)C(=O)CNC(=O)C1NC2CCC1C2. The number of amides is 4. The highest BCUT2D eigenvalue weighted by atomic mass is 16.5. The molecule has 4 amide bonds. The van der Waals surface area contributed by atoms with E-state index in [-0.39, 0.29) is 60.5 Å². The molecular weight excluding hydrogens is 666 g/mol. The van der Waals surface area contributed by atoms with Crippen LogP contribution in [0.25, 0.3) is 11.5 Å². The number of rotatable bonds is 17. The maximum atomic E-state index is 14.0. The second kappa shape index (κ2) is 17.8. The van der Waals surface area contributed by atoms with Gasteiger partial charge in [0, 0.05) is 39.4 Å². The van der Waals surface area contributed by atoms with Crippen molar-refractivity contribution in [2.75, 3.05) is 34.4 Å². The van der Waals surface area contributed by atoms with Crippen LogP contribution in [0.1, 0.15) is 84.6 Å². The van der Waals surface area contributed by atoms with E-state index in [0.717, 1.165) is 37.7 Å². The molecule has 14 nitrogen and oxygen atoms in total. The lowest BCUT2D eigenvalue weighted by atomic mass is 9.90. The van der Waals surface area contributed by atoms with Gasteiger partial charge < -0.3 is 39.6 Å². The van der Waals surface area contributed by atoms with Gasteiger partial charge in [0.2, 0.25) is 35.4 Å². The van der Waals surface area contributed by atoms with Gasteiger partial charge in [0.25, 0.3) is 0 Å². The van der Waals surface area contributed by atoms with Crippen LogP contribution < -0.4 is 16.0 Å². The average molecular weight is 724 g/mol. The van der Waals surface area contributed by atoms with Gasteiger partial charge in [-0.3, -0.25) is 19.2 Å². The minimum absolute atomic E-state index is 0.0177. The van der Waals surface area contributed by atoms with Gasteiger partial charge in [0.05, 0.1) is 49.2 Å². The molecule has 52 heavy (non-hydrogen) atoms. The van der Waals surface area contributed by atoms with E-state index in [9.17, 15) is 19.2 Å². The zero-order valence-electron chi connectivity index (χ0n) is 31.7. The molecule has 3 heterocycles. The van der Waals surface area contributed by atoms with Crippen LogP contribution in [0, 0.1) is 17.8 Å². The molecule has 286 valence electrons. The molecular formula is C38H57N7O7. The number of ether oxygens (including phenoxy) is 2. The zero-order valence-corrected chi connectivity index (χ0v) is 31.7. The van der Waals surface area contributed by atoms with Crippen LogP contribution in [0.15, 0.2) is 34.7 Å². The summed E-state index contributed by atoms with van der Waals surface area (Å²) >= 11 is 0. The van der Waals surface area contributed by atoms with Gasteiger partial charge in [0.15, 0.2) is 0 Å². The van der Waals surface area contributed by atoms with Gasteiger partial charge in [0.1, 0.15) is 6.04 Å². The summed E-state index contributed by atoms with van der Waals surface area (Å²) in [5.74, 6) is -0.343. The van der Waals surface area contributed by atoms with E-state index in [1.165, 1.54) is 0 Å². The number of hydrogen-bond acceptors (Lipinski definition) is 10. The van der Waals surface area contributed by atoms with E-state index < -0.39 is 30.2 Å². The minimum Gasteiger partial charge on any atom is -0.418 e. The van der Waals surface area contributed by atoms with Gasteiger partial charge in [-0.25, -0.2) is 0 Å². The molecule has 1 aliphatic carbocycles. The number of likely N-dealkylation sites (tertiary alicyclic amines) is 1. The molecule has 9 unspecified atom stereocenters. The summed E-state index contributed by atoms with van der Waals surface area (Å²) in [7, 11) is 4.84. The molecule has 3 N–H and O–H groups in total. The molecule has 1 aromatic heterocycles. The molecule has 2 aliphatic heterocycles. The number of benzene rings is 1. The van der Waals surface area contributed by atoms with Crippen LogP contribution >= 0.6 is 0 Å². The number of fused-ring (bicyclic) bond motifs is 2. The van der Waals surface area contributed by atoms with Crippen LogP contribution in [0.5, 0.6) is 0 Å². The number of piperidine rings is 1. The van der Waals surface area contributed by atoms with Gasteiger partial charge in [-0.1, -0.05) is 45.4 Å². The fourth-order valence-electron chi connectivity index (χ4n) is 8.39. The monoisotopic (exact) mass is 723 g/mol. The van der Waals surface area contributed by atoms with Crippen molar-refractivity contribution in [2.45, 2.75) is 115 Å². The lowest BCUT2D eigenvalue weighted by molar-refractivity contribution is -0.146. The quantitative estimate of drug-likeness (QED) is 0.221. The van der Waals surface area contributed by atoms with E-state index in [1.807, 2.05) is 44.2 Å². The first kappa shape index (κ1) is 39.3. The van der Waals surface area contributed by atoms with Gasteiger partial charge in [-0.15, -0.1) is 10.2 Å². The Balaban J connectivity index is 1.19. The van der Waals surface area contributed by atoms with Crippen molar-refractivity contribution < 1.29 is 33.1 Å². The number of carbonyl (C=O) groups is 4. The zero-order chi connectivity index (χ0) is 37.5. The van der Waals surface area contributed by atoms with Crippen LogP contribution in [0.3, 0.4) is 0 Å². The summed E-state index contributed by atoms with van der Waals surface area (Å²) in [6, 6.07) is 8.30. The Kier molecular flexibility index (Phi) is 13.4. The predicted octanol–water partition coefficient (Wildman–Crippen LogP) is 3.09. The first-order valence-electron chi connectivity index (χ1n) is 18.8. The lowest BCUT2D eigenvalue weighted by Crippen LogP contribution is -2.55. The van der Waals surface area contributed by atoms with Crippen LogP contribution in [0.2, 0.25) is 0 Å². The Morgan fingerprint density at radius 3 is 2.44 bits per heavy atom. The summed E-state index contributed by atoms with van der Waals surface area (Å²) in [6.07, 6.45) is 4.27. The summed E-state index contributed by atoms with van der Waals surface area (Å²) in [6.45, 7) is 8.07. The van der Waals surface area contributed by atoms with Gasteiger partial charge >= 0.3 is 0 Å². The van der Waals surface area contributed by atoms with E-state index in [4.69, 9.17) is 13.9 Å². The molecule has 2 aromatic rings. The molecule has 3 fully saturated rings. The molecule has 5 rings (SSSR count). The second-order valence-corrected chi connectivity index (χ2v) is 14.8. The number of aromatic nitrogens is 2. The molecule has 1 saturated carbocycles. The minimum atomic E-state index is -0.595. The number of nitrogens with zero attached hydrogens (tertiary/aromatic N) is 4. The van der Waals surface area contributed by atoms with Crippen molar-refractivity contribution in [3.8, 4) is 11.5 Å². The standard InChI is InChI=1S/C38H57N7O7/c1-8-22(2)33(44(5)31(47)21-39-36(49)32-26-16-17-27(19-26)41-32)29(50-6)20-30(46)45-18-12-15-28(45)34(51-7)23(3)35(48)40-24(4)37-42-43-38(52-37)25-13-10-9-11-14-25/h9-11,13-14,22-24,26-29,32-34,41H,8,12,15-21H2,1-7H3,(H,39,49)(H,40,48)/t22?,23?,24-,26?,27?,28?,29?,32?,33?,34?/m0/s1. The number of carbonyl (C=O) groups excluding carboxylic acids is 4. The number of nitrogens with one attached hydrogen (secondary N) is 3. The van der Waals surface area contributed by atoms with Crippen LogP contribution in [-0.2, 0) is 28.7 Å². The highest BCUT2D eigenvalue weighted by Crippen LogP contribution is 2.35. The molecule has 0 radical (unpaired) electrons. The highest BCUT2D eigenvalue weighted by molar-refractivity contribution is 5.88. The average Bonchev–Trinajstić information content (AvgIpc) is 3.99. The normalized spacial score (nSPS) is 24.5. The van der Waals surface area contributed by atoms with Crippen LogP contribution in [-0.4, -0.2) is 114 Å². The molecule has 0 spiro atoms. The molecule has 2 saturated heterocycles. The van der Waals surface area contributed by atoms with E-state index in [1.54, 1.807) is 44.9 Å². The Hall–Kier alpha value is -3.88. The van der Waals surface area contributed by atoms with Crippen molar-refractivity contribution in [3.63, 3.8) is 0 Å². The molecule has 1 aromatic carbocycles. The number of likely N-dealkylation sites (N-methyl/N-ethyl adjacent to an activating group) is 1. The largest absolute Gasteiger partial charge is 0.418 e. The molecule has 10 atom stereocenters. The number of hydrogen-bond donors (Lipinski definition) is 3.